The van der Waals surface area contributed by atoms with Crippen LogP contribution in [0.3, 0.4) is 0 Å². The minimum absolute atomic E-state index is 0.265. The molecule has 0 saturated carbocycles. The Hall–Kier alpha value is -0.913. The van der Waals surface area contributed by atoms with E-state index in [4.69, 9.17) is 0 Å². The maximum Gasteiger partial charge on any atom is 0.132 e. The molecule has 2 aromatic rings. The maximum absolute atomic E-state index is 2.52. The highest BCUT2D eigenvalue weighted by atomic mass is 31.1. The minimum atomic E-state index is -1.48. The molecular weight excluding hydrogens is 323 g/mol. The van der Waals surface area contributed by atoms with E-state index < -0.39 is 8.07 Å². The van der Waals surface area contributed by atoms with E-state index in [9.17, 15) is 0 Å². The second-order valence-corrected chi connectivity index (χ2v) is 19.0. The third-order valence-corrected chi connectivity index (χ3v) is 12.1. The van der Waals surface area contributed by atoms with Crippen molar-refractivity contribution in [2.24, 2.45) is 0 Å². The average molecular weight is 358 g/mol. The van der Waals surface area contributed by atoms with E-state index in [1.165, 1.54) is 16.3 Å². The fourth-order valence-electron chi connectivity index (χ4n) is 3.97. The van der Waals surface area contributed by atoms with Crippen LogP contribution in [-0.2, 0) is 0 Å². The summed E-state index contributed by atoms with van der Waals surface area (Å²) in [4.78, 5) is 1.79. The minimum Gasteiger partial charge on any atom is -0.0620 e. The zero-order chi connectivity index (χ0) is 18.3. The molecule has 0 nitrogen and oxygen atoms in total. The quantitative estimate of drug-likeness (QED) is 0.390. The van der Waals surface area contributed by atoms with Gasteiger partial charge in [-0.1, -0.05) is 62.1 Å². The van der Waals surface area contributed by atoms with Gasteiger partial charge in [-0.2, -0.15) is 0 Å². The summed E-state index contributed by atoms with van der Waals surface area (Å²) >= 11 is 0. The van der Waals surface area contributed by atoms with Crippen molar-refractivity contribution in [1.82, 2.24) is 0 Å². The molecule has 0 heterocycles. The molecule has 0 radical (unpaired) electrons. The molecule has 0 amide bonds. The Bertz CT molecular complexity index is 744. The van der Waals surface area contributed by atoms with Crippen LogP contribution in [0, 0.1) is 0 Å². The number of hydrogen-bond donors (Lipinski definition) is 0. The monoisotopic (exact) mass is 357 g/mol. The van der Waals surface area contributed by atoms with Crippen LogP contribution in [0.1, 0.15) is 47.1 Å². The van der Waals surface area contributed by atoms with Crippen LogP contribution in [0.4, 0.5) is 0 Å². The number of rotatable bonds is 2. The van der Waals surface area contributed by atoms with Crippen molar-refractivity contribution in [2.75, 3.05) is 0 Å². The zero-order valence-electron chi connectivity index (χ0n) is 17.0. The first-order valence-corrected chi connectivity index (χ1v) is 13.8. The van der Waals surface area contributed by atoms with Gasteiger partial charge in [0, 0.05) is 5.56 Å². The molecule has 0 aliphatic carbocycles. The molecule has 0 aromatic heterocycles. The SMILES string of the molecule is CC(C)(C)[P+](=C(c1cccc2ccccc12)[Si](C)(C)C)C(C)(C)C. The summed E-state index contributed by atoms with van der Waals surface area (Å²) in [6, 6.07) is 15.8. The topological polar surface area (TPSA) is 0 Å². The van der Waals surface area contributed by atoms with Gasteiger partial charge in [0.05, 0.1) is 0 Å². The molecule has 0 atom stereocenters. The van der Waals surface area contributed by atoms with Crippen LogP contribution >= 0.6 is 7.55 Å². The second kappa shape index (κ2) is 6.43. The van der Waals surface area contributed by atoms with Crippen LogP contribution in [0.25, 0.3) is 10.8 Å². The standard InChI is InChI=1S/C22H34PSi/c1-21(2,3)23(22(4,5)6)20(24(7,8)9)19-16-12-14-17-13-10-11-15-18(17)19/h10-16H,1-9H3/q+1. The van der Waals surface area contributed by atoms with Crippen LogP contribution in [-0.4, -0.2) is 23.3 Å². The maximum atomic E-state index is 2.52. The molecule has 0 aliphatic heterocycles. The van der Waals surface area contributed by atoms with E-state index in [1.807, 2.05) is 0 Å². The first kappa shape index (κ1) is 19.4. The Labute approximate surface area is 151 Å². The number of fused-ring (bicyclic) bond motifs is 1. The molecule has 2 aromatic carbocycles. The largest absolute Gasteiger partial charge is 0.132 e. The predicted octanol–water partition coefficient (Wildman–Crippen LogP) is 7.32. The molecule has 0 saturated heterocycles. The zero-order valence-corrected chi connectivity index (χ0v) is 18.9. The van der Waals surface area contributed by atoms with Crippen molar-refractivity contribution >= 4 is 31.3 Å². The lowest BCUT2D eigenvalue weighted by Crippen LogP contribution is -2.38. The summed E-state index contributed by atoms with van der Waals surface area (Å²) in [5, 5.41) is 3.40. The fourth-order valence-corrected chi connectivity index (χ4v) is 13.5. The van der Waals surface area contributed by atoms with Gasteiger partial charge in [-0.25, -0.2) is 0 Å². The molecule has 2 rings (SSSR count). The van der Waals surface area contributed by atoms with E-state index in [0.717, 1.165) is 0 Å². The van der Waals surface area contributed by atoms with E-state index in [1.54, 1.807) is 4.92 Å². The summed E-state index contributed by atoms with van der Waals surface area (Å²) in [7, 11) is -1.75. The Morgan fingerprint density at radius 2 is 1.25 bits per heavy atom. The van der Waals surface area contributed by atoms with Gasteiger partial charge < -0.3 is 0 Å². The van der Waals surface area contributed by atoms with Gasteiger partial charge in [0.2, 0.25) is 0 Å². The van der Waals surface area contributed by atoms with Crippen LogP contribution in [0.2, 0.25) is 19.6 Å². The molecule has 0 aliphatic rings. The van der Waals surface area contributed by atoms with Gasteiger partial charge in [0.25, 0.3) is 0 Å². The number of benzene rings is 2. The van der Waals surface area contributed by atoms with Gasteiger partial charge in [0.1, 0.15) is 30.8 Å². The molecular formula is C22H34PSi+. The second-order valence-electron chi connectivity index (χ2n) is 9.80. The van der Waals surface area contributed by atoms with E-state index in [0.29, 0.717) is 10.3 Å². The molecule has 0 spiro atoms. The lowest BCUT2D eigenvalue weighted by molar-refractivity contribution is 0.721. The third kappa shape index (κ3) is 4.01. The third-order valence-electron chi connectivity index (χ3n) is 4.32. The van der Waals surface area contributed by atoms with Gasteiger partial charge in [0.15, 0.2) is 0 Å². The summed E-state index contributed by atoms with van der Waals surface area (Å²) in [6.45, 7) is 22.2. The van der Waals surface area contributed by atoms with Crippen molar-refractivity contribution in [3.05, 3.63) is 48.0 Å². The Balaban J connectivity index is 3.00. The molecule has 0 fully saturated rings. The summed E-state index contributed by atoms with van der Waals surface area (Å²) in [6.07, 6.45) is 0. The molecule has 0 unspecified atom stereocenters. The van der Waals surface area contributed by atoms with Crippen molar-refractivity contribution in [1.29, 1.82) is 0 Å². The summed E-state index contributed by atoms with van der Waals surface area (Å²) < 4.78 is 0. The van der Waals surface area contributed by atoms with E-state index >= 15 is 0 Å². The summed E-state index contributed by atoms with van der Waals surface area (Å²) in [5.74, 6) is 0. The highest BCUT2D eigenvalue weighted by Gasteiger charge is 2.46. The molecule has 0 N–H and O–H groups in total. The highest BCUT2D eigenvalue weighted by molar-refractivity contribution is 7.68. The van der Waals surface area contributed by atoms with E-state index in [-0.39, 0.29) is 7.55 Å². The normalized spacial score (nSPS) is 13.2. The highest BCUT2D eigenvalue weighted by Crippen LogP contribution is 2.54. The number of hydrogen-bond acceptors (Lipinski definition) is 0. The lowest BCUT2D eigenvalue weighted by atomic mass is 10.1. The predicted molar refractivity (Wildman–Crippen MR) is 118 cm³/mol. The lowest BCUT2D eigenvalue weighted by Gasteiger charge is -2.30. The van der Waals surface area contributed by atoms with Gasteiger partial charge in [-0.3, -0.25) is 0 Å². The molecule has 24 heavy (non-hydrogen) atoms. The Morgan fingerprint density at radius 3 is 1.75 bits per heavy atom. The van der Waals surface area contributed by atoms with Crippen LogP contribution in [0.5, 0.6) is 0 Å². The Kier molecular flexibility index (Phi) is 5.20. The molecule has 2 heteroatoms. The Morgan fingerprint density at radius 1 is 0.750 bits per heavy atom. The van der Waals surface area contributed by atoms with Crippen molar-refractivity contribution in [3.63, 3.8) is 0 Å². The van der Waals surface area contributed by atoms with Gasteiger partial charge >= 0.3 is 0 Å². The average Bonchev–Trinajstić information content (AvgIpc) is 2.40. The first-order chi connectivity index (χ1) is 10.8. The first-order valence-electron chi connectivity index (χ1n) is 8.99. The van der Waals surface area contributed by atoms with Gasteiger partial charge in [-0.05, 0) is 52.3 Å². The van der Waals surface area contributed by atoms with Crippen LogP contribution in [0.15, 0.2) is 42.5 Å². The van der Waals surface area contributed by atoms with Crippen LogP contribution < -0.4 is 0 Å². The van der Waals surface area contributed by atoms with Gasteiger partial charge in [-0.15, -0.1) is 0 Å². The van der Waals surface area contributed by atoms with Crippen molar-refractivity contribution in [3.8, 4) is 0 Å². The van der Waals surface area contributed by atoms with E-state index in [2.05, 4.69) is 104 Å². The molecule has 130 valence electrons. The van der Waals surface area contributed by atoms with Crippen molar-refractivity contribution < 1.29 is 0 Å². The molecule has 0 bridgehead atoms. The van der Waals surface area contributed by atoms with Crippen molar-refractivity contribution in [2.45, 2.75) is 71.5 Å². The fraction of sp³-hybridized carbons (Fsp3) is 0.500. The smallest absolute Gasteiger partial charge is 0.0620 e. The summed E-state index contributed by atoms with van der Waals surface area (Å²) in [5.41, 5.74) is 1.52.